The van der Waals surface area contributed by atoms with E-state index < -0.39 is 0 Å². The first-order valence-corrected chi connectivity index (χ1v) is 6.67. The van der Waals surface area contributed by atoms with Gasteiger partial charge in [-0.2, -0.15) is 0 Å². The zero-order valence-corrected chi connectivity index (χ0v) is 10.8. The van der Waals surface area contributed by atoms with Gasteiger partial charge in [0.25, 0.3) is 0 Å². The Balaban J connectivity index is 1.89. The number of benzene rings is 1. The highest BCUT2D eigenvalue weighted by molar-refractivity contribution is 6.31. The van der Waals surface area contributed by atoms with Gasteiger partial charge < -0.3 is 5.32 Å². The van der Waals surface area contributed by atoms with Gasteiger partial charge in [-0.15, -0.1) is 0 Å². The van der Waals surface area contributed by atoms with Crippen molar-refractivity contribution in [3.05, 3.63) is 58.9 Å². The van der Waals surface area contributed by atoms with Crippen LogP contribution in [-0.2, 0) is 6.42 Å². The minimum atomic E-state index is 0.344. The summed E-state index contributed by atoms with van der Waals surface area (Å²) in [6.45, 7) is 0. The van der Waals surface area contributed by atoms with Gasteiger partial charge in [0, 0.05) is 6.20 Å². The molecule has 0 saturated carbocycles. The Morgan fingerprint density at radius 1 is 1.17 bits per heavy atom. The Morgan fingerprint density at radius 3 is 2.94 bits per heavy atom. The molecule has 1 aromatic heterocycles. The van der Waals surface area contributed by atoms with E-state index in [-0.39, 0.29) is 0 Å². The summed E-state index contributed by atoms with van der Waals surface area (Å²) in [5, 5.41) is 4.05. The fourth-order valence-corrected chi connectivity index (χ4v) is 2.76. The molecule has 2 aromatic rings. The van der Waals surface area contributed by atoms with Gasteiger partial charge >= 0.3 is 0 Å². The van der Waals surface area contributed by atoms with Crippen molar-refractivity contribution in [2.45, 2.75) is 25.3 Å². The number of rotatable bonds is 2. The lowest BCUT2D eigenvalue weighted by atomic mass is 9.87. The highest BCUT2D eigenvalue weighted by Gasteiger charge is 2.20. The van der Waals surface area contributed by atoms with Crippen LogP contribution in [0.25, 0.3) is 0 Å². The van der Waals surface area contributed by atoms with Crippen molar-refractivity contribution < 1.29 is 0 Å². The first-order valence-electron chi connectivity index (χ1n) is 6.29. The molecule has 1 aromatic carbocycles. The summed E-state index contributed by atoms with van der Waals surface area (Å²) in [7, 11) is 0. The number of aromatic nitrogens is 1. The monoisotopic (exact) mass is 258 g/mol. The van der Waals surface area contributed by atoms with Gasteiger partial charge in [-0.3, -0.25) is 0 Å². The molecule has 0 radical (unpaired) electrons. The van der Waals surface area contributed by atoms with Crippen LogP contribution in [-0.4, -0.2) is 4.98 Å². The molecule has 1 aliphatic carbocycles. The molecule has 1 unspecified atom stereocenters. The second-order valence-electron chi connectivity index (χ2n) is 4.63. The van der Waals surface area contributed by atoms with E-state index in [0.29, 0.717) is 11.2 Å². The Bertz CT molecular complexity index is 554. The third kappa shape index (κ3) is 2.21. The van der Waals surface area contributed by atoms with Crippen LogP contribution in [0.4, 0.5) is 5.69 Å². The number of anilines is 1. The van der Waals surface area contributed by atoms with Gasteiger partial charge in [-0.25, -0.2) is 4.98 Å². The van der Waals surface area contributed by atoms with Crippen LogP contribution in [0.2, 0.25) is 5.15 Å². The molecule has 0 aliphatic heterocycles. The molecular formula is C15H15ClN2. The molecule has 2 nitrogen and oxygen atoms in total. The molecule has 18 heavy (non-hydrogen) atoms. The number of fused-ring (bicyclic) bond motifs is 1. The van der Waals surface area contributed by atoms with E-state index in [1.165, 1.54) is 24.0 Å². The van der Waals surface area contributed by atoms with Gasteiger partial charge in [0.2, 0.25) is 0 Å². The highest BCUT2D eigenvalue weighted by Crippen LogP contribution is 2.33. The molecule has 0 saturated heterocycles. The van der Waals surface area contributed by atoms with Crippen molar-refractivity contribution in [3.63, 3.8) is 0 Å². The predicted octanol–water partition coefficient (Wildman–Crippen LogP) is 4.22. The molecule has 92 valence electrons. The second-order valence-corrected chi connectivity index (χ2v) is 4.99. The van der Waals surface area contributed by atoms with Crippen LogP contribution in [0.15, 0.2) is 42.6 Å². The van der Waals surface area contributed by atoms with Crippen molar-refractivity contribution >= 4 is 17.3 Å². The molecule has 0 amide bonds. The number of hydrogen-bond donors (Lipinski definition) is 1. The smallest absolute Gasteiger partial charge is 0.152 e. The van der Waals surface area contributed by atoms with Gasteiger partial charge in [0.1, 0.15) is 0 Å². The molecule has 3 rings (SSSR count). The van der Waals surface area contributed by atoms with Crippen molar-refractivity contribution in [1.29, 1.82) is 0 Å². The maximum absolute atomic E-state index is 6.10. The van der Waals surface area contributed by atoms with Crippen molar-refractivity contribution in [3.8, 4) is 0 Å². The van der Waals surface area contributed by atoms with E-state index in [9.17, 15) is 0 Å². The predicted molar refractivity (Wildman–Crippen MR) is 75.0 cm³/mol. The third-order valence-electron chi connectivity index (χ3n) is 3.46. The molecule has 0 spiro atoms. The molecular weight excluding hydrogens is 244 g/mol. The normalized spacial score (nSPS) is 18.2. The summed E-state index contributed by atoms with van der Waals surface area (Å²) in [6.07, 6.45) is 5.24. The molecule has 1 N–H and O–H groups in total. The Kier molecular flexibility index (Phi) is 3.20. The molecule has 1 heterocycles. The summed E-state index contributed by atoms with van der Waals surface area (Å²) in [6, 6.07) is 12.9. The molecule has 1 atom stereocenters. The fourth-order valence-electron chi connectivity index (χ4n) is 2.59. The Labute approximate surface area is 112 Å². The lowest BCUT2D eigenvalue weighted by Crippen LogP contribution is -2.17. The molecule has 0 bridgehead atoms. The van der Waals surface area contributed by atoms with E-state index in [4.69, 9.17) is 11.6 Å². The van der Waals surface area contributed by atoms with Crippen LogP contribution in [0, 0.1) is 0 Å². The number of nitrogens with one attached hydrogen (secondary N) is 1. The van der Waals surface area contributed by atoms with E-state index in [2.05, 4.69) is 34.6 Å². The number of aryl methyl sites for hydroxylation is 1. The van der Waals surface area contributed by atoms with Crippen LogP contribution in [0.5, 0.6) is 0 Å². The summed E-state index contributed by atoms with van der Waals surface area (Å²) in [5.74, 6) is 0. The van der Waals surface area contributed by atoms with E-state index in [1.54, 1.807) is 6.20 Å². The SMILES string of the molecule is Clc1ncccc1NC1CCCc2ccccc21. The lowest BCUT2D eigenvalue weighted by Gasteiger charge is -2.27. The minimum Gasteiger partial charge on any atom is -0.376 e. The quantitative estimate of drug-likeness (QED) is 0.816. The molecule has 0 fully saturated rings. The standard InChI is InChI=1S/C15H15ClN2/c16-15-14(9-4-10-17-15)18-13-8-3-6-11-5-1-2-7-12(11)13/h1-2,4-5,7,9-10,13,18H,3,6,8H2. The third-order valence-corrected chi connectivity index (χ3v) is 3.76. The van der Waals surface area contributed by atoms with Crippen LogP contribution in [0.1, 0.15) is 30.0 Å². The van der Waals surface area contributed by atoms with E-state index >= 15 is 0 Å². The maximum atomic E-state index is 6.10. The molecule has 1 aliphatic rings. The number of pyridine rings is 1. The number of halogens is 1. The van der Waals surface area contributed by atoms with Gasteiger partial charge in [0.15, 0.2) is 5.15 Å². The van der Waals surface area contributed by atoms with Gasteiger partial charge in [-0.1, -0.05) is 35.9 Å². The summed E-state index contributed by atoms with van der Waals surface area (Å²) < 4.78 is 0. The topological polar surface area (TPSA) is 24.9 Å². The van der Waals surface area contributed by atoms with E-state index in [0.717, 1.165) is 12.1 Å². The largest absolute Gasteiger partial charge is 0.376 e. The van der Waals surface area contributed by atoms with Crippen molar-refractivity contribution in [2.24, 2.45) is 0 Å². The number of nitrogens with zero attached hydrogens (tertiary/aromatic N) is 1. The summed E-state index contributed by atoms with van der Waals surface area (Å²) in [5.41, 5.74) is 3.76. The summed E-state index contributed by atoms with van der Waals surface area (Å²) >= 11 is 6.10. The van der Waals surface area contributed by atoms with Crippen LogP contribution >= 0.6 is 11.6 Å². The van der Waals surface area contributed by atoms with Crippen LogP contribution in [0.3, 0.4) is 0 Å². The number of hydrogen-bond acceptors (Lipinski definition) is 2. The van der Waals surface area contributed by atoms with Gasteiger partial charge in [-0.05, 0) is 42.5 Å². The second kappa shape index (κ2) is 4.99. The Morgan fingerprint density at radius 2 is 2.06 bits per heavy atom. The first kappa shape index (κ1) is 11.5. The first-order chi connectivity index (χ1) is 8.84. The van der Waals surface area contributed by atoms with E-state index in [1.807, 2.05) is 12.1 Å². The lowest BCUT2D eigenvalue weighted by molar-refractivity contribution is 0.600. The van der Waals surface area contributed by atoms with Crippen molar-refractivity contribution in [1.82, 2.24) is 4.98 Å². The maximum Gasteiger partial charge on any atom is 0.152 e. The minimum absolute atomic E-state index is 0.344. The zero-order valence-electron chi connectivity index (χ0n) is 10.1. The molecule has 3 heteroatoms. The highest BCUT2D eigenvalue weighted by atomic mass is 35.5. The zero-order chi connectivity index (χ0) is 12.4. The van der Waals surface area contributed by atoms with Crippen molar-refractivity contribution in [2.75, 3.05) is 5.32 Å². The Hall–Kier alpha value is -1.54. The average Bonchev–Trinajstić information content (AvgIpc) is 2.42. The van der Waals surface area contributed by atoms with Gasteiger partial charge in [0.05, 0.1) is 11.7 Å². The fraction of sp³-hybridized carbons (Fsp3) is 0.267. The summed E-state index contributed by atoms with van der Waals surface area (Å²) in [4.78, 5) is 4.10. The van der Waals surface area contributed by atoms with Crippen LogP contribution < -0.4 is 5.32 Å². The average molecular weight is 259 g/mol.